The van der Waals surface area contributed by atoms with Crippen LogP contribution in [-0.2, 0) is 9.59 Å². The third kappa shape index (κ3) is 2.53. The number of carbonyl (C=O) groups excluding carboxylic acids is 2. The van der Waals surface area contributed by atoms with Gasteiger partial charge in [-0.05, 0) is 24.6 Å². The van der Waals surface area contributed by atoms with E-state index >= 15 is 0 Å². The van der Waals surface area contributed by atoms with Gasteiger partial charge < -0.3 is 10.4 Å². The number of benzene rings is 1. The molecule has 1 aliphatic rings. The first kappa shape index (κ1) is 14.1. The zero-order valence-electron chi connectivity index (χ0n) is 10.6. The highest BCUT2D eigenvalue weighted by Crippen LogP contribution is 2.24. The van der Waals surface area contributed by atoms with Crippen molar-refractivity contribution in [2.45, 2.75) is 6.92 Å². The Morgan fingerprint density at radius 3 is 2.40 bits per heavy atom. The first-order valence-electron chi connectivity index (χ1n) is 5.85. The molecular weight excluding hydrogens is 270 g/mol. The van der Waals surface area contributed by atoms with Crippen molar-refractivity contribution in [1.82, 2.24) is 4.90 Å². The summed E-state index contributed by atoms with van der Waals surface area (Å²) >= 11 is 0. The smallest absolute Gasteiger partial charge is 0.277 e. The van der Waals surface area contributed by atoms with E-state index in [1.165, 1.54) is 6.92 Å². The molecule has 0 saturated heterocycles. The molecule has 106 valence electrons. The van der Waals surface area contributed by atoms with E-state index < -0.39 is 29.1 Å². The van der Waals surface area contributed by atoms with Crippen LogP contribution in [0.2, 0.25) is 0 Å². The summed E-state index contributed by atoms with van der Waals surface area (Å²) in [4.78, 5) is 24.1. The number of anilines is 1. The van der Waals surface area contributed by atoms with Crippen molar-refractivity contribution in [3.63, 3.8) is 0 Å². The molecule has 2 rings (SSSR count). The average Bonchev–Trinajstić information content (AvgIpc) is 2.62. The van der Waals surface area contributed by atoms with Crippen LogP contribution in [0, 0.1) is 18.6 Å². The third-order valence-electron chi connectivity index (χ3n) is 2.78. The Hall–Kier alpha value is -2.28. The Kier molecular flexibility index (Phi) is 3.80. The van der Waals surface area contributed by atoms with Crippen molar-refractivity contribution in [2.24, 2.45) is 0 Å². The standard InChI is InChI=1S/C13H12F2N2O3/c1-7-4-8(14)12(9(15)5-7)16-10-6-11(19)17(2-3-18)13(10)20/h4-6,16,18H,2-3H2,1H3. The van der Waals surface area contributed by atoms with Gasteiger partial charge in [-0.3, -0.25) is 14.5 Å². The molecule has 20 heavy (non-hydrogen) atoms. The Bertz CT molecular complexity index is 591. The van der Waals surface area contributed by atoms with Gasteiger partial charge in [-0.25, -0.2) is 8.78 Å². The van der Waals surface area contributed by atoms with Crippen molar-refractivity contribution in [2.75, 3.05) is 18.5 Å². The summed E-state index contributed by atoms with van der Waals surface area (Å²) in [5, 5.41) is 11.0. The quantitative estimate of drug-likeness (QED) is 0.806. The number of rotatable bonds is 4. The number of hydrogen-bond acceptors (Lipinski definition) is 4. The molecule has 0 fully saturated rings. The Morgan fingerprint density at radius 2 is 1.85 bits per heavy atom. The molecule has 5 nitrogen and oxygen atoms in total. The zero-order valence-corrected chi connectivity index (χ0v) is 10.6. The highest BCUT2D eigenvalue weighted by molar-refractivity contribution is 6.17. The summed E-state index contributed by atoms with van der Waals surface area (Å²) in [6, 6.07) is 2.22. The number of halogens is 2. The lowest BCUT2D eigenvalue weighted by atomic mass is 10.2. The number of β-amino-alcohol motifs (C(OH)–C–C–N with tert-alkyl or cyclic N) is 1. The van der Waals surface area contributed by atoms with Crippen molar-refractivity contribution >= 4 is 17.5 Å². The van der Waals surface area contributed by atoms with Crippen LogP contribution >= 0.6 is 0 Å². The van der Waals surface area contributed by atoms with E-state index in [0.717, 1.165) is 23.1 Å². The second-order valence-electron chi connectivity index (χ2n) is 4.31. The summed E-state index contributed by atoms with van der Waals surface area (Å²) in [7, 11) is 0. The average molecular weight is 282 g/mol. The van der Waals surface area contributed by atoms with Gasteiger partial charge in [0, 0.05) is 6.08 Å². The predicted octanol–water partition coefficient (Wildman–Crippen LogP) is 0.930. The summed E-state index contributed by atoms with van der Waals surface area (Å²) in [5.74, 6) is -3.09. The molecule has 7 heteroatoms. The Balaban J connectivity index is 2.26. The maximum absolute atomic E-state index is 13.7. The molecule has 0 radical (unpaired) electrons. The Morgan fingerprint density at radius 1 is 1.25 bits per heavy atom. The molecule has 0 unspecified atom stereocenters. The van der Waals surface area contributed by atoms with E-state index in [1.54, 1.807) is 0 Å². The van der Waals surface area contributed by atoms with Crippen LogP contribution in [0.5, 0.6) is 0 Å². The molecular formula is C13H12F2N2O3. The van der Waals surface area contributed by atoms with E-state index in [4.69, 9.17) is 5.11 Å². The van der Waals surface area contributed by atoms with Gasteiger partial charge >= 0.3 is 0 Å². The highest BCUT2D eigenvalue weighted by atomic mass is 19.1. The van der Waals surface area contributed by atoms with Crippen molar-refractivity contribution in [3.05, 3.63) is 41.1 Å². The first-order valence-corrected chi connectivity index (χ1v) is 5.85. The minimum absolute atomic E-state index is 0.168. The lowest BCUT2D eigenvalue weighted by Gasteiger charge is -2.14. The van der Waals surface area contributed by atoms with Crippen LogP contribution in [-0.4, -0.2) is 35.0 Å². The van der Waals surface area contributed by atoms with Crippen molar-refractivity contribution in [3.8, 4) is 0 Å². The fraction of sp³-hybridized carbons (Fsp3) is 0.231. The molecule has 1 aromatic carbocycles. The van der Waals surface area contributed by atoms with Gasteiger partial charge in [-0.15, -0.1) is 0 Å². The van der Waals surface area contributed by atoms with E-state index in [9.17, 15) is 18.4 Å². The number of aliphatic hydroxyl groups is 1. The predicted molar refractivity (Wildman–Crippen MR) is 66.6 cm³/mol. The van der Waals surface area contributed by atoms with Crippen LogP contribution in [0.4, 0.5) is 14.5 Å². The SMILES string of the molecule is Cc1cc(F)c(NC2=CC(=O)N(CCO)C2=O)c(F)c1. The van der Waals surface area contributed by atoms with Gasteiger partial charge in [0.1, 0.15) is 23.0 Å². The number of aliphatic hydroxyl groups excluding tert-OH is 1. The number of carbonyl (C=O) groups is 2. The number of amides is 2. The van der Waals surface area contributed by atoms with Crippen LogP contribution in [0.15, 0.2) is 23.9 Å². The third-order valence-corrected chi connectivity index (χ3v) is 2.78. The van der Waals surface area contributed by atoms with E-state index in [-0.39, 0.29) is 18.8 Å². The fourth-order valence-electron chi connectivity index (χ4n) is 1.86. The van der Waals surface area contributed by atoms with Crippen LogP contribution in [0.25, 0.3) is 0 Å². The monoisotopic (exact) mass is 282 g/mol. The van der Waals surface area contributed by atoms with Crippen molar-refractivity contribution < 1.29 is 23.5 Å². The molecule has 0 spiro atoms. The molecule has 1 aliphatic heterocycles. The van der Waals surface area contributed by atoms with Gasteiger partial charge in [-0.1, -0.05) is 0 Å². The number of aryl methyl sites for hydroxylation is 1. The van der Waals surface area contributed by atoms with E-state index in [0.29, 0.717) is 5.56 Å². The second-order valence-corrected chi connectivity index (χ2v) is 4.31. The number of imide groups is 1. The van der Waals surface area contributed by atoms with Crippen LogP contribution in [0.3, 0.4) is 0 Å². The van der Waals surface area contributed by atoms with Crippen molar-refractivity contribution in [1.29, 1.82) is 0 Å². The van der Waals surface area contributed by atoms with Gasteiger partial charge in [-0.2, -0.15) is 0 Å². The highest BCUT2D eigenvalue weighted by Gasteiger charge is 2.31. The minimum atomic E-state index is -0.857. The fourth-order valence-corrected chi connectivity index (χ4v) is 1.86. The summed E-state index contributed by atoms with van der Waals surface area (Å²) in [5.41, 5.74) is -0.325. The van der Waals surface area contributed by atoms with Gasteiger partial charge in [0.25, 0.3) is 11.8 Å². The molecule has 1 heterocycles. The lowest BCUT2D eigenvalue weighted by molar-refractivity contribution is -0.137. The Labute approximate surface area is 113 Å². The minimum Gasteiger partial charge on any atom is -0.395 e. The second kappa shape index (κ2) is 5.38. The number of nitrogens with one attached hydrogen (secondary N) is 1. The molecule has 0 bridgehead atoms. The molecule has 2 N–H and O–H groups in total. The van der Waals surface area contributed by atoms with Crippen LogP contribution < -0.4 is 5.32 Å². The molecule has 0 atom stereocenters. The zero-order chi connectivity index (χ0) is 14.9. The van der Waals surface area contributed by atoms with Gasteiger partial charge in [0.05, 0.1) is 13.2 Å². The molecule has 0 saturated carbocycles. The normalized spacial score (nSPS) is 14.8. The van der Waals surface area contributed by atoms with E-state index in [2.05, 4.69) is 5.32 Å². The lowest BCUT2D eigenvalue weighted by Crippen LogP contribution is -2.34. The summed E-state index contributed by atoms with van der Waals surface area (Å²) in [6.07, 6.45) is 0.941. The maximum atomic E-state index is 13.7. The topological polar surface area (TPSA) is 69.6 Å². The number of nitrogens with zero attached hydrogens (tertiary/aromatic N) is 1. The largest absolute Gasteiger partial charge is 0.395 e. The molecule has 0 aromatic heterocycles. The van der Waals surface area contributed by atoms with E-state index in [1.807, 2.05) is 0 Å². The molecule has 1 aromatic rings. The van der Waals surface area contributed by atoms with Gasteiger partial charge in [0.2, 0.25) is 0 Å². The number of hydrogen-bond donors (Lipinski definition) is 2. The molecule has 2 amide bonds. The van der Waals surface area contributed by atoms with Gasteiger partial charge in [0.15, 0.2) is 0 Å². The summed E-state index contributed by atoms with van der Waals surface area (Å²) < 4.78 is 27.3. The maximum Gasteiger partial charge on any atom is 0.277 e. The summed E-state index contributed by atoms with van der Waals surface area (Å²) in [6.45, 7) is 0.979. The molecule has 0 aliphatic carbocycles. The first-order chi connectivity index (χ1) is 9.43. The van der Waals surface area contributed by atoms with Crippen LogP contribution in [0.1, 0.15) is 5.56 Å².